The molecule has 0 unspecified atom stereocenters. The maximum absolute atomic E-state index is 13.0. The molecule has 1 saturated heterocycles. The third-order valence-electron chi connectivity index (χ3n) is 4.89. The minimum Gasteiger partial charge on any atom is -0.497 e. The van der Waals surface area contributed by atoms with Crippen molar-refractivity contribution in [1.29, 1.82) is 0 Å². The summed E-state index contributed by atoms with van der Waals surface area (Å²) in [6, 6.07) is 5.68. The van der Waals surface area contributed by atoms with E-state index in [0.29, 0.717) is 13.1 Å². The molecule has 2 atom stereocenters. The quantitative estimate of drug-likeness (QED) is 0.809. The van der Waals surface area contributed by atoms with Crippen molar-refractivity contribution in [1.82, 2.24) is 20.0 Å². The molecule has 148 valence electrons. The minimum atomic E-state index is -0.0864. The summed E-state index contributed by atoms with van der Waals surface area (Å²) >= 11 is 0. The number of carbonyl (C=O) groups is 1. The van der Waals surface area contributed by atoms with Gasteiger partial charge in [-0.25, -0.2) is 0 Å². The second-order valence-corrected chi connectivity index (χ2v) is 6.73. The van der Waals surface area contributed by atoms with Crippen molar-refractivity contribution in [2.75, 3.05) is 34.4 Å². The SMILES string of the molecule is COc1cc(CN(C)C(=O)[C@H]2CNC[C@@H]2c2cnn(C)c2)cc(OC)c1.Cl. The Morgan fingerprint density at radius 1 is 1.26 bits per heavy atom. The lowest BCUT2D eigenvalue weighted by Crippen LogP contribution is -2.35. The van der Waals surface area contributed by atoms with Crippen LogP contribution in [0.25, 0.3) is 0 Å². The zero-order valence-electron chi connectivity index (χ0n) is 16.1. The third kappa shape index (κ3) is 4.73. The monoisotopic (exact) mass is 394 g/mol. The molecule has 1 N–H and O–H groups in total. The molecule has 1 aromatic heterocycles. The molecule has 27 heavy (non-hydrogen) atoms. The second-order valence-electron chi connectivity index (χ2n) is 6.73. The van der Waals surface area contributed by atoms with E-state index in [0.717, 1.165) is 29.2 Å². The molecule has 0 aliphatic carbocycles. The average Bonchev–Trinajstić information content (AvgIpc) is 3.29. The number of benzene rings is 1. The Labute approximate surface area is 166 Å². The van der Waals surface area contributed by atoms with Crippen LogP contribution in [0.5, 0.6) is 11.5 Å². The number of halogens is 1. The van der Waals surface area contributed by atoms with Gasteiger partial charge in [-0.05, 0) is 23.3 Å². The van der Waals surface area contributed by atoms with E-state index in [-0.39, 0.29) is 30.2 Å². The number of hydrogen-bond donors (Lipinski definition) is 1. The van der Waals surface area contributed by atoms with Crippen molar-refractivity contribution in [3.63, 3.8) is 0 Å². The standard InChI is InChI=1S/C19H26N4O3.ClH/c1-22(11-13-5-15(25-3)7-16(6-13)26-4)19(24)18-10-20-9-17(18)14-8-21-23(2)12-14;/h5-8,12,17-18,20H,9-11H2,1-4H3;1H/t17-,18+;/m1./s1. The molecule has 1 aliphatic rings. The topological polar surface area (TPSA) is 68.6 Å². The van der Waals surface area contributed by atoms with Crippen LogP contribution >= 0.6 is 12.4 Å². The molecule has 0 bridgehead atoms. The lowest BCUT2D eigenvalue weighted by Gasteiger charge is -2.24. The lowest BCUT2D eigenvalue weighted by atomic mass is 9.90. The number of methoxy groups -OCH3 is 2. The van der Waals surface area contributed by atoms with Crippen molar-refractivity contribution < 1.29 is 14.3 Å². The first kappa shape index (κ1) is 21.1. The number of ether oxygens (including phenoxy) is 2. The molecule has 2 aromatic rings. The fraction of sp³-hybridized carbons (Fsp3) is 0.474. The van der Waals surface area contributed by atoms with Crippen LogP contribution < -0.4 is 14.8 Å². The number of rotatable bonds is 6. The highest BCUT2D eigenvalue weighted by Gasteiger charge is 2.36. The summed E-state index contributed by atoms with van der Waals surface area (Å²) in [4.78, 5) is 14.8. The predicted molar refractivity (Wildman–Crippen MR) is 106 cm³/mol. The normalized spacial score (nSPS) is 18.7. The molecule has 3 rings (SSSR count). The zero-order valence-corrected chi connectivity index (χ0v) is 17.0. The van der Waals surface area contributed by atoms with Crippen LogP contribution in [0.2, 0.25) is 0 Å². The van der Waals surface area contributed by atoms with E-state index < -0.39 is 0 Å². The fourth-order valence-corrected chi connectivity index (χ4v) is 3.51. The van der Waals surface area contributed by atoms with Crippen LogP contribution in [0.3, 0.4) is 0 Å². The molecular weight excluding hydrogens is 368 g/mol. The number of nitrogens with zero attached hydrogens (tertiary/aromatic N) is 3. The molecule has 7 nitrogen and oxygen atoms in total. The van der Waals surface area contributed by atoms with Gasteiger partial charge >= 0.3 is 0 Å². The summed E-state index contributed by atoms with van der Waals surface area (Å²) in [6.07, 6.45) is 3.84. The van der Waals surface area contributed by atoms with E-state index in [1.165, 1.54) is 0 Å². The summed E-state index contributed by atoms with van der Waals surface area (Å²) in [5, 5.41) is 7.58. The number of nitrogens with one attached hydrogen (secondary N) is 1. The zero-order chi connectivity index (χ0) is 18.7. The second kappa shape index (κ2) is 9.10. The highest BCUT2D eigenvalue weighted by atomic mass is 35.5. The van der Waals surface area contributed by atoms with Gasteiger partial charge in [-0.1, -0.05) is 0 Å². The molecule has 1 aromatic carbocycles. The maximum Gasteiger partial charge on any atom is 0.227 e. The van der Waals surface area contributed by atoms with E-state index in [9.17, 15) is 4.79 Å². The van der Waals surface area contributed by atoms with Crippen molar-refractivity contribution >= 4 is 18.3 Å². The van der Waals surface area contributed by atoms with Gasteiger partial charge in [0.25, 0.3) is 0 Å². The van der Waals surface area contributed by atoms with E-state index in [1.54, 1.807) is 23.8 Å². The van der Waals surface area contributed by atoms with Gasteiger partial charge in [0, 0.05) is 51.9 Å². The van der Waals surface area contributed by atoms with Crippen LogP contribution in [0.4, 0.5) is 0 Å². The third-order valence-corrected chi connectivity index (χ3v) is 4.89. The summed E-state index contributed by atoms with van der Waals surface area (Å²) in [5.41, 5.74) is 2.08. The van der Waals surface area contributed by atoms with Crippen LogP contribution in [0, 0.1) is 5.92 Å². The first-order valence-corrected chi connectivity index (χ1v) is 8.68. The number of carbonyl (C=O) groups excluding carboxylic acids is 1. The Morgan fingerprint density at radius 3 is 2.48 bits per heavy atom. The van der Waals surface area contributed by atoms with Gasteiger partial charge in [0.05, 0.1) is 26.3 Å². The van der Waals surface area contributed by atoms with Gasteiger partial charge in [-0.15, -0.1) is 12.4 Å². The molecular formula is C19H27ClN4O3. The molecule has 0 saturated carbocycles. The fourth-order valence-electron chi connectivity index (χ4n) is 3.51. The van der Waals surface area contributed by atoms with E-state index in [1.807, 2.05) is 44.7 Å². The van der Waals surface area contributed by atoms with Gasteiger partial charge in [-0.3, -0.25) is 9.48 Å². The Hall–Kier alpha value is -2.25. The van der Waals surface area contributed by atoms with Gasteiger partial charge in [-0.2, -0.15) is 5.10 Å². The van der Waals surface area contributed by atoms with Gasteiger partial charge in [0.15, 0.2) is 0 Å². The van der Waals surface area contributed by atoms with Crippen LogP contribution in [-0.2, 0) is 18.4 Å². The minimum absolute atomic E-state index is 0. The Balaban J connectivity index is 0.00000261. The summed E-state index contributed by atoms with van der Waals surface area (Å²) < 4.78 is 12.4. The average molecular weight is 395 g/mol. The summed E-state index contributed by atoms with van der Waals surface area (Å²) in [7, 11) is 6.98. The van der Waals surface area contributed by atoms with E-state index >= 15 is 0 Å². The van der Waals surface area contributed by atoms with Crippen molar-refractivity contribution in [3.05, 3.63) is 41.7 Å². The molecule has 1 aliphatic heterocycles. The van der Waals surface area contributed by atoms with Crippen molar-refractivity contribution in [2.45, 2.75) is 12.5 Å². The van der Waals surface area contributed by atoms with Crippen LogP contribution in [-0.4, -0.2) is 54.9 Å². The molecule has 1 amide bonds. The van der Waals surface area contributed by atoms with Gasteiger partial charge < -0.3 is 19.7 Å². The highest BCUT2D eigenvalue weighted by molar-refractivity contribution is 5.85. The van der Waals surface area contributed by atoms with Crippen LogP contribution in [0.15, 0.2) is 30.6 Å². The highest BCUT2D eigenvalue weighted by Crippen LogP contribution is 2.30. The number of amides is 1. The Bertz CT molecular complexity index is 758. The maximum atomic E-state index is 13.0. The number of aromatic nitrogens is 2. The molecule has 2 heterocycles. The van der Waals surface area contributed by atoms with Crippen LogP contribution in [0.1, 0.15) is 17.0 Å². The summed E-state index contributed by atoms with van der Waals surface area (Å²) in [5.74, 6) is 1.63. The largest absolute Gasteiger partial charge is 0.497 e. The van der Waals surface area contributed by atoms with Crippen molar-refractivity contribution in [2.24, 2.45) is 13.0 Å². The molecule has 0 spiro atoms. The number of aryl methyl sites for hydroxylation is 1. The smallest absolute Gasteiger partial charge is 0.227 e. The Morgan fingerprint density at radius 2 is 1.93 bits per heavy atom. The number of hydrogen-bond acceptors (Lipinski definition) is 5. The first-order chi connectivity index (χ1) is 12.5. The van der Waals surface area contributed by atoms with E-state index in [2.05, 4.69) is 10.4 Å². The molecule has 8 heteroatoms. The summed E-state index contributed by atoms with van der Waals surface area (Å²) in [6.45, 7) is 1.98. The van der Waals surface area contributed by atoms with Gasteiger partial charge in [0.2, 0.25) is 5.91 Å². The first-order valence-electron chi connectivity index (χ1n) is 8.68. The predicted octanol–water partition coefficient (Wildman–Crippen LogP) is 1.82. The van der Waals surface area contributed by atoms with E-state index in [4.69, 9.17) is 9.47 Å². The lowest BCUT2D eigenvalue weighted by molar-refractivity contribution is -0.134. The Kier molecular flexibility index (Phi) is 7.10. The molecule has 0 radical (unpaired) electrons. The van der Waals surface area contributed by atoms with Crippen molar-refractivity contribution in [3.8, 4) is 11.5 Å². The molecule has 1 fully saturated rings. The van der Waals surface area contributed by atoms with Gasteiger partial charge in [0.1, 0.15) is 11.5 Å².